The van der Waals surface area contributed by atoms with Crippen molar-refractivity contribution in [2.75, 3.05) is 19.0 Å². The number of rotatable bonds is 15. The molecule has 1 N–H and O–H groups in total. The first kappa shape index (κ1) is 23.7. The molecule has 0 saturated heterocycles. The minimum absolute atomic E-state index is 0.121. The smallest absolute Gasteiger partial charge is 0.338 e. The second kappa shape index (κ2) is 14.7. The Morgan fingerprint density at radius 1 is 0.963 bits per heavy atom. The lowest BCUT2D eigenvalue weighted by molar-refractivity contribution is 0.0600. The highest BCUT2D eigenvalue weighted by atomic mass is 35.5. The Labute approximate surface area is 169 Å². The molecule has 1 aromatic rings. The van der Waals surface area contributed by atoms with E-state index < -0.39 is 11.8 Å². The molecule has 0 heterocycles. The van der Waals surface area contributed by atoms with Crippen molar-refractivity contribution in [3.63, 3.8) is 0 Å². The lowest BCUT2D eigenvalue weighted by Gasteiger charge is -2.11. The van der Waals surface area contributed by atoms with Gasteiger partial charge in [-0.3, -0.25) is 0 Å². The van der Waals surface area contributed by atoms with Crippen molar-refractivity contribution in [3.05, 3.63) is 28.5 Å². The van der Waals surface area contributed by atoms with Crippen molar-refractivity contribution in [2.45, 2.75) is 84.0 Å². The fourth-order valence-corrected chi connectivity index (χ4v) is 3.43. The molecule has 27 heavy (non-hydrogen) atoms. The van der Waals surface area contributed by atoms with Crippen LogP contribution in [-0.2, 0) is 4.74 Å². The van der Waals surface area contributed by atoms with Gasteiger partial charge in [-0.15, -0.1) is 0 Å². The predicted molar refractivity (Wildman–Crippen MR) is 112 cm³/mol. The van der Waals surface area contributed by atoms with Crippen LogP contribution in [0.25, 0.3) is 0 Å². The molecule has 3 nitrogen and oxygen atoms in total. The Morgan fingerprint density at radius 2 is 1.48 bits per heavy atom. The number of hydrogen-bond acceptors (Lipinski definition) is 3. The molecule has 5 heteroatoms. The summed E-state index contributed by atoms with van der Waals surface area (Å²) < 4.78 is 18.7. The van der Waals surface area contributed by atoms with E-state index >= 15 is 0 Å². The number of esters is 1. The molecular formula is C22H35ClFNO2. The molecule has 0 aromatic heterocycles. The van der Waals surface area contributed by atoms with Gasteiger partial charge in [0.05, 0.1) is 23.4 Å². The summed E-state index contributed by atoms with van der Waals surface area (Å²) in [6.45, 7) is 2.92. The summed E-state index contributed by atoms with van der Waals surface area (Å²) in [5, 5.41) is 3.24. The van der Waals surface area contributed by atoms with E-state index in [0.717, 1.165) is 18.9 Å². The third-order valence-electron chi connectivity index (χ3n) is 4.80. The summed E-state index contributed by atoms with van der Waals surface area (Å²) in [6, 6.07) is 2.59. The first-order valence-electron chi connectivity index (χ1n) is 10.4. The molecule has 0 atom stereocenters. The maximum Gasteiger partial charge on any atom is 0.338 e. The maximum atomic E-state index is 14.1. The van der Waals surface area contributed by atoms with E-state index in [2.05, 4.69) is 17.0 Å². The van der Waals surface area contributed by atoms with Gasteiger partial charge in [0.2, 0.25) is 0 Å². The third-order valence-corrected chi connectivity index (χ3v) is 5.09. The zero-order chi connectivity index (χ0) is 19.9. The quantitative estimate of drug-likeness (QED) is 0.247. The van der Waals surface area contributed by atoms with Crippen LogP contribution in [0.1, 0.15) is 94.3 Å². The largest absolute Gasteiger partial charge is 0.465 e. The molecule has 0 unspecified atom stereocenters. The average Bonchev–Trinajstić information content (AvgIpc) is 2.66. The zero-order valence-electron chi connectivity index (χ0n) is 16.9. The molecule has 0 spiro atoms. The number of carbonyl (C=O) groups excluding carboxylic acids is 1. The lowest BCUT2D eigenvalue weighted by atomic mass is 10.1. The van der Waals surface area contributed by atoms with Crippen molar-refractivity contribution in [1.29, 1.82) is 0 Å². The molecule has 0 saturated carbocycles. The van der Waals surface area contributed by atoms with Crippen molar-refractivity contribution in [1.82, 2.24) is 0 Å². The number of hydrogen-bond donors (Lipinski definition) is 1. The van der Waals surface area contributed by atoms with Crippen LogP contribution >= 0.6 is 11.6 Å². The van der Waals surface area contributed by atoms with Crippen LogP contribution in [-0.4, -0.2) is 19.6 Å². The Bertz CT molecular complexity index is 528. The highest BCUT2D eigenvalue weighted by Gasteiger charge is 2.14. The summed E-state index contributed by atoms with van der Waals surface area (Å²) >= 11 is 6.08. The molecule has 0 amide bonds. The minimum Gasteiger partial charge on any atom is -0.465 e. The Morgan fingerprint density at radius 3 is 1.96 bits per heavy atom. The summed E-state index contributed by atoms with van der Waals surface area (Å²) in [6.07, 6.45) is 15.5. The van der Waals surface area contributed by atoms with Gasteiger partial charge in [0.15, 0.2) is 0 Å². The van der Waals surface area contributed by atoms with E-state index in [1.54, 1.807) is 0 Å². The van der Waals surface area contributed by atoms with E-state index in [0.29, 0.717) is 6.54 Å². The third kappa shape index (κ3) is 9.99. The molecule has 1 aromatic carbocycles. The van der Waals surface area contributed by atoms with Gasteiger partial charge in [-0.05, 0) is 18.6 Å². The number of ether oxygens (including phenoxy) is 1. The maximum absolute atomic E-state index is 14.1. The van der Waals surface area contributed by atoms with E-state index in [1.165, 1.54) is 77.4 Å². The Balaban J connectivity index is 2.09. The van der Waals surface area contributed by atoms with Crippen LogP contribution in [0.3, 0.4) is 0 Å². The number of nitrogens with one attached hydrogen (secondary N) is 1. The van der Waals surface area contributed by atoms with Crippen LogP contribution in [0.2, 0.25) is 5.02 Å². The highest BCUT2D eigenvalue weighted by molar-refractivity contribution is 6.33. The molecule has 1 rings (SSSR count). The number of benzene rings is 1. The second-order valence-electron chi connectivity index (χ2n) is 7.12. The molecule has 0 aliphatic rings. The Kier molecular flexibility index (Phi) is 13.0. The van der Waals surface area contributed by atoms with E-state index in [1.807, 2.05) is 0 Å². The van der Waals surface area contributed by atoms with Gasteiger partial charge >= 0.3 is 5.97 Å². The zero-order valence-corrected chi connectivity index (χ0v) is 17.7. The van der Waals surface area contributed by atoms with Crippen LogP contribution < -0.4 is 5.32 Å². The van der Waals surface area contributed by atoms with Gasteiger partial charge in [0, 0.05) is 6.54 Å². The van der Waals surface area contributed by atoms with Crippen LogP contribution in [0, 0.1) is 5.82 Å². The SMILES string of the molecule is CCCCCCCCCCCCCCNc1c(F)cc(C(=O)OC)cc1Cl. The lowest BCUT2D eigenvalue weighted by Crippen LogP contribution is -2.07. The standard InChI is InChI=1S/C22H35ClFNO2/c1-3-4-5-6-7-8-9-10-11-12-13-14-15-25-21-19(23)16-18(17-20(21)24)22(26)27-2/h16-17,25H,3-15H2,1-2H3. The monoisotopic (exact) mass is 399 g/mol. The molecule has 0 radical (unpaired) electrons. The number of carbonyl (C=O) groups is 1. The minimum atomic E-state index is -0.594. The summed E-state index contributed by atoms with van der Waals surface area (Å²) in [5.41, 5.74) is 0.378. The van der Waals surface area contributed by atoms with Crippen molar-refractivity contribution < 1.29 is 13.9 Å². The molecule has 0 fully saturated rings. The van der Waals surface area contributed by atoms with Crippen LogP contribution in [0.15, 0.2) is 12.1 Å². The van der Waals surface area contributed by atoms with Crippen LogP contribution in [0.5, 0.6) is 0 Å². The number of halogens is 2. The second-order valence-corrected chi connectivity index (χ2v) is 7.53. The van der Waals surface area contributed by atoms with Crippen LogP contribution in [0.4, 0.5) is 10.1 Å². The fraction of sp³-hybridized carbons (Fsp3) is 0.682. The fourth-order valence-electron chi connectivity index (χ4n) is 3.16. The summed E-state index contributed by atoms with van der Waals surface area (Å²) in [5.74, 6) is -1.12. The van der Waals surface area contributed by atoms with Gasteiger partial charge in [-0.2, -0.15) is 0 Å². The first-order valence-corrected chi connectivity index (χ1v) is 10.8. The highest BCUT2D eigenvalue weighted by Crippen LogP contribution is 2.27. The summed E-state index contributed by atoms with van der Waals surface area (Å²) in [4.78, 5) is 11.4. The van der Waals surface area contributed by atoms with Gasteiger partial charge in [-0.1, -0.05) is 89.2 Å². The van der Waals surface area contributed by atoms with Gasteiger partial charge < -0.3 is 10.1 Å². The molecule has 0 aliphatic carbocycles. The van der Waals surface area contributed by atoms with Gasteiger partial charge in [-0.25, -0.2) is 9.18 Å². The van der Waals surface area contributed by atoms with Crippen molar-refractivity contribution >= 4 is 23.3 Å². The molecular weight excluding hydrogens is 365 g/mol. The molecule has 0 bridgehead atoms. The molecule has 154 valence electrons. The topological polar surface area (TPSA) is 38.3 Å². The van der Waals surface area contributed by atoms with Crippen molar-refractivity contribution in [3.8, 4) is 0 Å². The molecule has 0 aliphatic heterocycles. The van der Waals surface area contributed by atoms with E-state index in [9.17, 15) is 9.18 Å². The predicted octanol–water partition coefficient (Wildman–Crippen LogP) is 7.38. The van der Waals surface area contributed by atoms with Crippen molar-refractivity contribution in [2.24, 2.45) is 0 Å². The van der Waals surface area contributed by atoms with Gasteiger partial charge in [0.25, 0.3) is 0 Å². The first-order chi connectivity index (χ1) is 13.1. The van der Waals surface area contributed by atoms with E-state index in [-0.39, 0.29) is 16.3 Å². The number of anilines is 1. The average molecular weight is 400 g/mol. The normalized spacial score (nSPS) is 10.8. The van der Waals surface area contributed by atoms with Gasteiger partial charge in [0.1, 0.15) is 5.82 Å². The number of methoxy groups -OCH3 is 1. The number of unbranched alkanes of at least 4 members (excludes halogenated alkanes) is 11. The Hall–Kier alpha value is -1.29. The summed E-state index contributed by atoms with van der Waals surface area (Å²) in [7, 11) is 1.26. The van der Waals surface area contributed by atoms with E-state index in [4.69, 9.17) is 11.6 Å².